The molecular formula is C20H29N3O3S. The highest BCUT2D eigenvalue weighted by Gasteiger charge is 2.39. The van der Waals surface area contributed by atoms with Crippen molar-refractivity contribution in [1.82, 2.24) is 15.5 Å². The number of thiocarbonyl (C=S) groups is 1. The van der Waals surface area contributed by atoms with Crippen molar-refractivity contribution >= 4 is 23.2 Å². The van der Waals surface area contributed by atoms with E-state index in [1.54, 1.807) is 13.1 Å². The molecule has 1 fully saturated rings. The highest BCUT2D eigenvalue weighted by molar-refractivity contribution is 7.80. The van der Waals surface area contributed by atoms with Crippen LogP contribution in [0.5, 0.6) is 5.75 Å². The van der Waals surface area contributed by atoms with E-state index in [9.17, 15) is 4.79 Å². The molecule has 27 heavy (non-hydrogen) atoms. The van der Waals surface area contributed by atoms with Crippen LogP contribution in [0.4, 0.5) is 0 Å². The van der Waals surface area contributed by atoms with Gasteiger partial charge in [0.25, 0.3) is 5.91 Å². The number of fused-ring (bicyclic) bond motifs is 1. The second kappa shape index (κ2) is 8.02. The molecule has 2 aliphatic heterocycles. The Kier molecular flexibility index (Phi) is 5.91. The van der Waals surface area contributed by atoms with Gasteiger partial charge < -0.3 is 25.0 Å². The molecule has 2 heterocycles. The van der Waals surface area contributed by atoms with E-state index in [1.807, 2.05) is 19.2 Å². The van der Waals surface area contributed by atoms with Crippen molar-refractivity contribution in [3.8, 4) is 5.75 Å². The minimum absolute atomic E-state index is 0.0116. The van der Waals surface area contributed by atoms with Gasteiger partial charge >= 0.3 is 0 Å². The lowest BCUT2D eigenvalue weighted by molar-refractivity contribution is 0.0301. The van der Waals surface area contributed by atoms with Gasteiger partial charge in [0.15, 0.2) is 5.11 Å². The van der Waals surface area contributed by atoms with E-state index in [0.717, 1.165) is 43.7 Å². The zero-order chi connectivity index (χ0) is 19.6. The lowest BCUT2D eigenvalue weighted by Gasteiger charge is -2.44. The highest BCUT2D eigenvalue weighted by atomic mass is 32.1. The Balaban J connectivity index is 2.00. The van der Waals surface area contributed by atoms with E-state index in [0.29, 0.717) is 10.7 Å². The fourth-order valence-electron chi connectivity index (χ4n) is 3.88. The van der Waals surface area contributed by atoms with Gasteiger partial charge in [-0.05, 0) is 57.1 Å². The number of rotatable bonds is 4. The van der Waals surface area contributed by atoms with Crippen molar-refractivity contribution in [1.29, 1.82) is 0 Å². The van der Waals surface area contributed by atoms with E-state index >= 15 is 0 Å². The quantitative estimate of drug-likeness (QED) is 0.770. The summed E-state index contributed by atoms with van der Waals surface area (Å²) in [5, 5.41) is 6.50. The zero-order valence-electron chi connectivity index (χ0n) is 16.5. The Labute approximate surface area is 166 Å². The van der Waals surface area contributed by atoms with E-state index < -0.39 is 0 Å². The number of carbonyl (C=O) groups excluding carboxylic acids is 1. The van der Waals surface area contributed by atoms with Crippen molar-refractivity contribution in [2.75, 3.05) is 27.2 Å². The second-order valence-corrected chi connectivity index (χ2v) is 8.14. The zero-order valence-corrected chi connectivity index (χ0v) is 17.3. The van der Waals surface area contributed by atoms with Crippen molar-refractivity contribution in [3.63, 3.8) is 0 Å². The maximum absolute atomic E-state index is 12.1. The fourth-order valence-corrected chi connectivity index (χ4v) is 4.09. The van der Waals surface area contributed by atoms with Crippen molar-refractivity contribution < 1.29 is 14.3 Å². The van der Waals surface area contributed by atoms with Gasteiger partial charge in [0.1, 0.15) is 11.4 Å². The van der Waals surface area contributed by atoms with E-state index in [-0.39, 0.29) is 23.7 Å². The van der Waals surface area contributed by atoms with Gasteiger partial charge in [-0.15, -0.1) is 0 Å². The van der Waals surface area contributed by atoms with Crippen LogP contribution in [0.15, 0.2) is 18.2 Å². The van der Waals surface area contributed by atoms with Crippen LogP contribution in [-0.2, 0) is 4.74 Å². The molecule has 3 rings (SSSR count). The Bertz CT molecular complexity index is 716. The molecule has 7 heteroatoms. The molecule has 6 nitrogen and oxygen atoms in total. The first kappa shape index (κ1) is 19.9. The summed E-state index contributed by atoms with van der Waals surface area (Å²) in [7, 11) is 3.48. The third-order valence-corrected chi connectivity index (χ3v) is 5.64. The summed E-state index contributed by atoms with van der Waals surface area (Å²) < 4.78 is 12.1. The lowest BCUT2D eigenvalue weighted by atomic mass is 9.87. The molecule has 2 unspecified atom stereocenters. The van der Waals surface area contributed by atoms with Crippen LogP contribution in [0.2, 0.25) is 0 Å². The average molecular weight is 392 g/mol. The van der Waals surface area contributed by atoms with Crippen LogP contribution < -0.4 is 15.4 Å². The summed E-state index contributed by atoms with van der Waals surface area (Å²) in [5.74, 6) is 0.698. The maximum atomic E-state index is 12.1. The van der Waals surface area contributed by atoms with Crippen molar-refractivity contribution in [2.45, 2.75) is 50.9 Å². The van der Waals surface area contributed by atoms with Crippen molar-refractivity contribution in [3.05, 3.63) is 29.3 Å². The number of ether oxygens (including phenoxy) is 2. The van der Waals surface area contributed by atoms with Gasteiger partial charge in [-0.2, -0.15) is 0 Å². The predicted molar refractivity (Wildman–Crippen MR) is 109 cm³/mol. The first-order valence-corrected chi connectivity index (χ1v) is 9.90. The summed E-state index contributed by atoms with van der Waals surface area (Å²) in [5.41, 5.74) is 1.28. The van der Waals surface area contributed by atoms with E-state index in [2.05, 4.69) is 29.4 Å². The predicted octanol–water partition coefficient (Wildman–Crippen LogP) is 2.63. The van der Waals surface area contributed by atoms with Crippen LogP contribution in [-0.4, -0.2) is 54.9 Å². The Morgan fingerprint density at radius 1 is 1.33 bits per heavy atom. The standard InChI is InChI=1S/C20H29N3O3S/c1-20(2)11-16(23(19(27)22-4)12-14-6-5-9-25-14)15-10-13(18(24)21-3)7-8-17(15)26-20/h7-8,10,14,16H,5-6,9,11-12H2,1-4H3,(H,21,24)(H,22,27). The van der Waals surface area contributed by atoms with Gasteiger partial charge in [0.05, 0.1) is 12.1 Å². The summed E-state index contributed by atoms with van der Waals surface area (Å²) in [6.07, 6.45) is 3.07. The van der Waals surface area contributed by atoms with Gasteiger partial charge in [0, 0.05) is 44.8 Å². The molecule has 0 aromatic heterocycles. The molecular weight excluding hydrogens is 362 g/mol. The van der Waals surface area contributed by atoms with Gasteiger partial charge in [-0.25, -0.2) is 0 Å². The smallest absolute Gasteiger partial charge is 0.251 e. The Hall–Kier alpha value is -1.86. The van der Waals surface area contributed by atoms with Crippen LogP contribution in [0.25, 0.3) is 0 Å². The maximum Gasteiger partial charge on any atom is 0.251 e. The largest absolute Gasteiger partial charge is 0.487 e. The summed E-state index contributed by atoms with van der Waals surface area (Å²) in [4.78, 5) is 14.3. The summed E-state index contributed by atoms with van der Waals surface area (Å²) in [6, 6.07) is 5.63. The molecule has 1 aromatic rings. The molecule has 0 bridgehead atoms. The SMILES string of the molecule is CNC(=O)c1ccc2c(c1)C(N(CC1CCCO1)C(=S)NC)CC(C)(C)O2. The van der Waals surface area contributed by atoms with E-state index in [4.69, 9.17) is 21.7 Å². The minimum Gasteiger partial charge on any atom is -0.487 e. The third-order valence-electron chi connectivity index (χ3n) is 5.20. The van der Waals surface area contributed by atoms with Gasteiger partial charge in [0.2, 0.25) is 0 Å². The summed E-state index contributed by atoms with van der Waals surface area (Å²) >= 11 is 5.64. The molecule has 0 radical (unpaired) electrons. The lowest BCUT2D eigenvalue weighted by Crippen LogP contribution is -2.48. The number of hydrogen-bond acceptors (Lipinski definition) is 4. The topological polar surface area (TPSA) is 62.8 Å². The van der Waals surface area contributed by atoms with Crippen molar-refractivity contribution in [2.24, 2.45) is 0 Å². The molecule has 2 atom stereocenters. The number of benzene rings is 1. The minimum atomic E-state index is -0.329. The Morgan fingerprint density at radius 3 is 2.74 bits per heavy atom. The number of carbonyl (C=O) groups is 1. The first-order chi connectivity index (χ1) is 12.8. The number of amides is 1. The van der Waals surface area contributed by atoms with Gasteiger partial charge in [-0.3, -0.25) is 4.79 Å². The number of hydrogen-bond donors (Lipinski definition) is 2. The Morgan fingerprint density at radius 2 is 2.11 bits per heavy atom. The molecule has 2 aliphatic rings. The molecule has 2 N–H and O–H groups in total. The molecule has 0 spiro atoms. The van der Waals surface area contributed by atoms with Crippen LogP contribution in [0.1, 0.15) is 55.1 Å². The van der Waals surface area contributed by atoms with Crippen LogP contribution in [0.3, 0.4) is 0 Å². The first-order valence-electron chi connectivity index (χ1n) is 9.49. The number of nitrogens with zero attached hydrogens (tertiary/aromatic N) is 1. The number of nitrogens with one attached hydrogen (secondary N) is 2. The third kappa shape index (κ3) is 4.35. The normalized spacial score (nSPS) is 23.1. The van der Waals surface area contributed by atoms with Crippen LogP contribution >= 0.6 is 12.2 Å². The average Bonchev–Trinajstić information content (AvgIpc) is 3.16. The van der Waals surface area contributed by atoms with E-state index in [1.165, 1.54) is 0 Å². The monoisotopic (exact) mass is 391 g/mol. The summed E-state index contributed by atoms with van der Waals surface area (Å²) in [6.45, 7) is 5.70. The highest BCUT2D eigenvalue weighted by Crippen LogP contribution is 2.43. The molecule has 1 amide bonds. The molecule has 1 aromatic carbocycles. The molecule has 148 valence electrons. The van der Waals surface area contributed by atoms with Crippen LogP contribution in [0, 0.1) is 0 Å². The molecule has 0 saturated carbocycles. The molecule has 1 saturated heterocycles. The molecule has 0 aliphatic carbocycles. The van der Waals surface area contributed by atoms with Gasteiger partial charge in [-0.1, -0.05) is 0 Å². The second-order valence-electron chi connectivity index (χ2n) is 7.76. The fraction of sp³-hybridized carbons (Fsp3) is 0.600.